The molecule has 3 heterocycles. The zero-order chi connectivity index (χ0) is 20.5. The lowest BCUT2D eigenvalue weighted by molar-refractivity contribution is 0.363. The first-order valence-electron chi connectivity index (χ1n) is 9.92. The van der Waals surface area contributed by atoms with E-state index < -0.39 is 0 Å². The molecule has 5 rings (SSSR count). The number of aromatic amines is 1. The van der Waals surface area contributed by atoms with Crippen molar-refractivity contribution in [2.45, 2.75) is 12.5 Å². The molecule has 0 bridgehead atoms. The van der Waals surface area contributed by atoms with Crippen LogP contribution in [-0.2, 0) is 6.42 Å². The average Bonchev–Trinajstić information content (AvgIpc) is 3.16. The summed E-state index contributed by atoms with van der Waals surface area (Å²) in [5.41, 5.74) is 4.70. The molecule has 6 heteroatoms. The number of benzene rings is 2. The summed E-state index contributed by atoms with van der Waals surface area (Å²) in [6.07, 6.45) is 6.20. The highest BCUT2D eigenvalue weighted by Crippen LogP contribution is 2.40. The Kier molecular flexibility index (Phi) is 4.89. The van der Waals surface area contributed by atoms with E-state index in [0.29, 0.717) is 6.61 Å². The van der Waals surface area contributed by atoms with E-state index in [1.54, 1.807) is 18.5 Å². The van der Waals surface area contributed by atoms with Crippen molar-refractivity contribution in [3.8, 4) is 5.75 Å². The van der Waals surface area contributed by atoms with Gasteiger partial charge in [-0.15, -0.1) is 0 Å². The number of aromatic nitrogens is 3. The lowest BCUT2D eigenvalue weighted by Crippen LogP contribution is -2.37. The van der Waals surface area contributed by atoms with E-state index in [1.165, 1.54) is 10.9 Å². The van der Waals surface area contributed by atoms with E-state index in [1.807, 2.05) is 36.4 Å². The minimum Gasteiger partial charge on any atom is -0.490 e. The second kappa shape index (κ2) is 7.84. The molecule has 0 radical (unpaired) electrons. The monoisotopic (exact) mass is 416 g/mol. The molecule has 1 N–H and O–H groups in total. The van der Waals surface area contributed by atoms with E-state index in [-0.39, 0.29) is 6.04 Å². The van der Waals surface area contributed by atoms with Gasteiger partial charge in [0, 0.05) is 40.6 Å². The minimum absolute atomic E-state index is 0.0317. The van der Waals surface area contributed by atoms with Gasteiger partial charge in [0.1, 0.15) is 12.4 Å². The second-order valence-electron chi connectivity index (χ2n) is 7.27. The van der Waals surface area contributed by atoms with E-state index >= 15 is 0 Å². The summed E-state index contributed by atoms with van der Waals surface area (Å²) in [7, 11) is 0. The molecule has 0 fully saturated rings. The Morgan fingerprint density at radius 3 is 2.73 bits per heavy atom. The van der Waals surface area contributed by atoms with Gasteiger partial charge in [-0.3, -0.25) is 0 Å². The summed E-state index contributed by atoms with van der Waals surface area (Å²) in [4.78, 5) is 14.9. The van der Waals surface area contributed by atoms with Gasteiger partial charge in [-0.25, -0.2) is 9.97 Å². The van der Waals surface area contributed by atoms with Gasteiger partial charge in [-0.2, -0.15) is 0 Å². The highest BCUT2D eigenvalue weighted by atomic mass is 35.5. The number of H-pyrrole nitrogens is 1. The molecular weight excluding hydrogens is 396 g/mol. The number of halogens is 1. The standard InChI is InChI=1S/C24H21ClN4O/c1-2-14-30-18-7-4-16(5-8-18)23-22-19(20-15-17(25)6-9-21(20)28-22)10-13-29(23)24-26-11-3-12-27-24/h2-9,11-12,15,23,28H,1,10,13-14H2. The Morgan fingerprint density at radius 2 is 1.97 bits per heavy atom. The van der Waals surface area contributed by atoms with E-state index in [2.05, 4.69) is 38.6 Å². The zero-order valence-corrected chi connectivity index (χ0v) is 17.1. The van der Waals surface area contributed by atoms with E-state index in [9.17, 15) is 0 Å². The number of ether oxygens (including phenoxy) is 1. The van der Waals surface area contributed by atoms with Crippen molar-refractivity contribution < 1.29 is 4.74 Å². The molecule has 4 aromatic rings. The summed E-state index contributed by atoms with van der Waals surface area (Å²) < 4.78 is 5.66. The predicted octanol–water partition coefficient (Wildman–Crippen LogP) is 5.33. The van der Waals surface area contributed by atoms with Crippen LogP contribution in [0.3, 0.4) is 0 Å². The Hall–Kier alpha value is -3.31. The number of rotatable bonds is 5. The van der Waals surface area contributed by atoms with Crippen molar-refractivity contribution >= 4 is 28.5 Å². The molecule has 1 atom stereocenters. The van der Waals surface area contributed by atoms with Crippen molar-refractivity contribution in [2.24, 2.45) is 0 Å². The topological polar surface area (TPSA) is 54.0 Å². The molecule has 5 nitrogen and oxygen atoms in total. The third-order valence-electron chi connectivity index (χ3n) is 5.46. The van der Waals surface area contributed by atoms with Crippen molar-refractivity contribution in [3.63, 3.8) is 0 Å². The number of anilines is 1. The number of fused-ring (bicyclic) bond motifs is 3. The first-order chi connectivity index (χ1) is 14.7. The molecule has 30 heavy (non-hydrogen) atoms. The number of hydrogen-bond donors (Lipinski definition) is 1. The third-order valence-corrected chi connectivity index (χ3v) is 5.70. The lowest BCUT2D eigenvalue weighted by Gasteiger charge is -2.36. The summed E-state index contributed by atoms with van der Waals surface area (Å²) in [6.45, 7) is 5.00. The van der Waals surface area contributed by atoms with E-state index in [0.717, 1.165) is 46.5 Å². The summed E-state index contributed by atoms with van der Waals surface area (Å²) in [5, 5.41) is 1.93. The Bertz CT molecular complexity index is 1190. The van der Waals surface area contributed by atoms with Gasteiger partial charge in [0.05, 0.1) is 6.04 Å². The van der Waals surface area contributed by atoms with Crippen molar-refractivity contribution in [1.82, 2.24) is 15.0 Å². The van der Waals surface area contributed by atoms with Gasteiger partial charge >= 0.3 is 0 Å². The van der Waals surface area contributed by atoms with Crippen LogP contribution < -0.4 is 9.64 Å². The quantitative estimate of drug-likeness (QED) is 0.447. The van der Waals surface area contributed by atoms with Crippen molar-refractivity contribution in [3.05, 3.63) is 95.4 Å². The zero-order valence-electron chi connectivity index (χ0n) is 16.4. The van der Waals surface area contributed by atoms with Crippen LogP contribution in [0.1, 0.15) is 22.9 Å². The highest BCUT2D eigenvalue weighted by Gasteiger charge is 2.33. The molecule has 150 valence electrons. The van der Waals surface area contributed by atoms with Gasteiger partial charge in [-0.05, 0) is 53.9 Å². The molecular formula is C24H21ClN4O. The van der Waals surface area contributed by atoms with Crippen LogP contribution in [0.25, 0.3) is 10.9 Å². The fraction of sp³-hybridized carbons (Fsp3) is 0.167. The van der Waals surface area contributed by atoms with E-state index in [4.69, 9.17) is 16.3 Å². The predicted molar refractivity (Wildman–Crippen MR) is 120 cm³/mol. The molecule has 0 saturated carbocycles. The van der Waals surface area contributed by atoms with Crippen LogP contribution in [0.15, 0.2) is 73.6 Å². The van der Waals surface area contributed by atoms with Crippen LogP contribution in [0.5, 0.6) is 5.75 Å². The van der Waals surface area contributed by atoms with Crippen molar-refractivity contribution in [1.29, 1.82) is 0 Å². The van der Waals surface area contributed by atoms with Crippen LogP contribution in [-0.4, -0.2) is 28.1 Å². The summed E-state index contributed by atoms with van der Waals surface area (Å²) in [6, 6.07) is 16.0. The van der Waals surface area contributed by atoms with Gasteiger partial charge in [0.2, 0.25) is 5.95 Å². The van der Waals surface area contributed by atoms with Gasteiger partial charge in [0.25, 0.3) is 0 Å². The molecule has 0 amide bonds. The molecule has 0 saturated heterocycles. The fourth-order valence-electron chi connectivity index (χ4n) is 4.16. The molecule has 0 spiro atoms. The largest absolute Gasteiger partial charge is 0.490 e. The molecule has 2 aromatic carbocycles. The Morgan fingerprint density at radius 1 is 1.17 bits per heavy atom. The number of nitrogens with zero attached hydrogens (tertiary/aromatic N) is 3. The SMILES string of the molecule is C=CCOc1ccc(C2c3[nH]c4ccc(Cl)cc4c3CCN2c2ncccn2)cc1. The van der Waals surface area contributed by atoms with Gasteiger partial charge < -0.3 is 14.6 Å². The lowest BCUT2D eigenvalue weighted by atomic mass is 9.92. The number of hydrogen-bond acceptors (Lipinski definition) is 4. The van der Waals surface area contributed by atoms with Crippen LogP contribution in [0, 0.1) is 0 Å². The van der Waals surface area contributed by atoms with Crippen molar-refractivity contribution in [2.75, 3.05) is 18.1 Å². The maximum Gasteiger partial charge on any atom is 0.226 e. The minimum atomic E-state index is -0.0317. The third kappa shape index (κ3) is 3.31. The first kappa shape index (κ1) is 18.7. The van der Waals surface area contributed by atoms with Gasteiger partial charge in [0.15, 0.2) is 0 Å². The van der Waals surface area contributed by atoms with Gasteiger partial charge in [-0.1, -0.05) is 36.4 Å². The molecule has 2 aromatic heterocycles. The molecule has 1 unspecified atom stereocenters. The smallest absolute Gasteiger partial charge is 0.226 e. The second-order valence-corrected chi connectivity index (χ2v) is 7.71. The molecule has 1 aliphatic rings. The maximum atomic E-state index is 6.29. The summed E-state index contributed by atoms with van der Waals surface area (Å²) in [5.74, 6) is 1.54. The van der Waals surface area contributed by atoms with Crippen LogP contribution >= 0.6 is 11.6 Å². The fourth-order valence-corrected chi connectivity index (χ4v) is 4.34. The number of nitrogens with one attached hydrogen (secondary N) is 1. The van der Waals surface area contributed by atoms with Crippen LogP contribution in [0.4, 0.5) is 5.95 Å². The average molecular weight is 417 g/mol. The summed E-state index contributed by atoms with van der Waals surface area (Å²) >= 11 is 6.29. The Balaban J connectivity index is 1.63. The highest BCUT2D eigenvalue weighted by molar-refractivity contribution is 6.31. The Labute approximate surface area is 180 Å². The normalized spacial score (nSPS) is 15.8. The first-order valence-corrected chi connectivity index (χ1v) is 10.3. The molecule has 1 aliphatic heterocycles. The molecule has 0 aliphatic carbocycles. The maximum absolute atomic E-state index is 6.29. The van der Waals surface area contributed by atoms with Crippen LogP contribution in [0.2, 0.25) is 5.02 Å².